The molecular weight excluding hydrogens is 290 g/mol. The minimum atomic E-state index is -0.803. The van der Waals surface area contributed by atoms with Gasteiger partial charge in [0.2, 0.25) is 11.8 Å². The van der Waals surface area contributed by atoms with Crippen LogP contribution < -0.4 is 10.2 Å². The van der Waals surface area contributed by atoms with E-state index in [1.54, 1.807) is 0 Å². The first-order valence-corrected chi connectivity index (χ1v) is 7.64. The fraction of sp³-hybridized carbons (Fsp3) is 0.500. The number of nitrogens with one attached hydrogen (secondary N) is 1. The number of hydrogen-bond acceptors (Lipinski definition) is 3. The maximum absolute atomic E-state index is 14.4. The van der Waals surface area contributed by atoms with Gasteiger partial charge in [-0.25, -0.2) is 8.78 Å². The first kappa shape index (κ1) is 14.9. The molecule has 3 rings (SSSR count). The third kappa shape index (κ3) is 2.82. The summed E-state index contributed by atoms with van der Waals surface area (Å²) in [5, 5.41) is 2.18. The zero-order valence-corrected chi connectivity index (χ0v) is 12.2. The van der Waals surface area contributed by atoms with Crippen LogP contribution in [0.5, 0.6) is 0 Å². The molecule has 4 nitrogen and oxygen atoms in total. The predicted molar refractivity (Wildman–Crippen MR) is 77.5 cm³/mol. The molecule has 2 saturated heterocycles. The molecule has 0 spiro atoms. The molecule has 1 aromatic rings. The molecule has 2 heterocycles. The van der Waals surface area contributed by atoms with Gasteiger partial charge in [0.25, 0.3) is 0 Å². The number of carbonyl (C=O) groups is 2. The second-order valence-corrected chi connectivity index (χ2v) is 5.88. The minimum absolute atomic E-state index is 0.0308. The fourth-order valence-electron chi connectivity index (χ4n) is 3.19. The van der Waals surface area contributed by atoms with Crippen LogP contribution in [-0.4, -0.2) is 24.9 Å². The van der Waals surface area contributed by atoms with Crippen molar-refractivity contribution in [1.82, 2.24) is 5.32 Å². The van der Waals surface area contributed by atoms with Crippen molar-refractivity contribution in [3.05, 3.63) is 29.3 Å². The van der Waals surface area contributed by atoms with E-state index in [0.29, 0.717) is 13.1 Å². The van der Waals surface area contributed by atoms with Crippen molar-refractivity contribution >= 4 is 17.5 Å². The van der Waals surface area contributed by atoms with Crippen molar-refractivity contribution in [3.63, 3.8) is 0 Å². The monoisotopic (exact) mass is 308 g/mol. The Labute approximate surface area is 127 Å². The third-order valence-electron chi connectivity index (χ3n) is 4.38. The lowest BCUT2D eigenvalue weighted by molar-refractivity contribution is -0.134. The first-order valence-electron chi connectivity index (χ1n) is 7.64. The van der Waals surface area contributed by atoms with Crippen molar-refractivity contribution in [3.8, 4) is 0 Å². The van der Waals surface area contributed by atoms with Crippen molar-refractivity contribution < 1.29 is 18.4 Å². The van der Waals surface area contributed by atoms with E-state index in [4.69, 9.17) is 0 Å². The molecule has 0 saturated carbocycles. The van der Waals surface area contributed by atoms with Crippen LogP contribution in [0.2, 0.25) is 0 Å². The molecule has 1 atom stereocenters. The molecule has 1 unspecified atom stereocenters. The Morgan fingerprint density at radius 2 is 1.77 bits per heavy atom. The van der Waals surface area contributed by atoms with Crippen molar-refractivity contribution in [1.29, 1.82) is 0 Å². The third-order valence-corrected chi connectivity index (χ3v) is 4.38. The van der Waals surface area contributed by atoms with E-state index in [2.05, 4.69) is 5.32 Å². The van der Waals surface area contributed by atoms with Gasteiger partial charge in [-0.2, -0.15) is 0 Å². The van der Waals surface area contributed by atoms with E-state index >= 15 is 0 Å². The lowest BCUT2D eigenvalue weighted by Gasteiger charge is -2.30. The van der Waals surface area contributed by atoms with Gasteiger partial charge < -0.3 is 4.90 Å². The highest BCUT2D eigenvalue weighted by Crippen LogP contribution is 2.32. The van der Waals surface area contributed by atoms with Gasteiger partial charge in [-0.3, -0.25) is 14.9 Å². The largest absolute Gasteiger partial charge is 0.369 e. The Kier molecular flexibility index (Phi) is 4.09. The van der Waals surface area contributed by atoms with Crippen LogP contribution in [0.4, 0.5) is 14.5 Å². The van der Waals surface area contributed by atoms with Crippen LogP contribution in [0, 0.1) is 11.6 Å². The topological polar surface area (TPSA) is 49.4 Å². The summed E-state index contributed by atoms with van der Waals surface area (Å²) < 4.78 is 28.7. The van der Waals surface area contributed by atoms with E-state index in [9.17, 15) is 18.4 Å². The maximum Gasteiger partial charge on any atom is 0.234 e. The van der Waals surface area contributed by atoms with Gasteiger partial charge in [0.15, 0.2) is 0 Å². The predicted octanol–water partition coefficient (Wildman–Crippen LogP) is 2.48. The normalized spacial score (nSPS) is 22.6. The molecule has 0 radical (unpaired) electrons. The molecule has 1 N–H and O–H groups in total. The van der Waals surface area contributed by atoms with Gasteiger partial charge in [0.1, 0.15) is 11.6 Å². The second-order valence-electron chi connectivity index (χ2n) is 5.88. The summed E-state index contributed by atoms with van der Waals surface area (Å²) in [6, 6.07) is 2.29. The summed E-state index contributed by atoms with van der Waals surface area (Å²) in [7, 11) is 0. The summed E-state index contributed by atoms with van der Waals surface area (Å²) >= 11 is 0. The van der Waals surface area contributed by atoms with Crippen LogP contribution in [-0.2, 0) is 9.59 Å². The number of amides is 2. The lowest BCUT2D eigenvalue weighted by atomic mass is 9.89. The molecule has 2 fully saturated rings. The average molecular weight is 308 g/mol. The van der Waals surface area contributed by atoms with Gasteiger partial charge in [-0.15, -0.1) is 0 Å². The highest BCUT2D eigenvalue weighted by molar-refractivity contribution is 6.01. The molecule has 0 bridgehead atoms. The summed E-state index contributed by atoms with van der Waals surface area (Å²) in [5.74, 6) is -2.82. The van der Waals surface area contributed by atoms with E-state index in [1.807, 2.05) is 4.90 Å². The van der Waals surface area contributed by atoms with Crippen LogP contribution in [0.3, 0.4) is 0 Å². The minimum Gasteiger partial charge on any atom is -0.369 e. The molecule has 118 valence electrons. The number of anilines is 1. The molecule has 22 heavy (non-hydrogen) atoms. The molecule has 1 aromatic carbocycles. The van der Waals surface area contributed by atoms with Gasteiger partial charge in [0, 0.05) is 31.1 Å². The smallest absolute Gasteiger partial charge is 0.234 e. The second kappa shape index (κ2) is 6.02. The number of carbonyl (C=O) groups excluding carboxylic acids is 2. The van der Waals surface area contributed by atoms with Crippen molar-refractivity contribution in [2.75, 3.05) is 18.0 Å². The van der Waals surface area contributed by atoms with E-state index in [-0.39, 0.29) is 30.0 Å². The Balaban J connectivity index is 1.89. The lowest BCUT2D eigenvalue weighted by Crippen LogP contribution is -2.39. The molecule has 6 heteroatoms. The summed E-state index contributed by atoms with van der Waals surface area (Å²) in [6.45, 7) is 1.43. The Hall–Kier alpha value is -1.98. The van der Waals surface area contributed by atoms with Crippen LogP contribution in [0.1, 0.15) is 43.6 Å². The highest BCUT2D eigenvalue weighted by atomic mass is 19.1. The van der Waals surface area contributed by atoms with Gasteiger partial charge in [-0.05, 0) is 31.7 Å². The van der Waals surface area contributed by atoms with Crippen molar-refractivity contribution in [2.24, 2.45) is 0 Å². The molecule has 0 aliphatic carbocycles. The molecule has 2 aliphatic heterocycles. The highest BCUT2D eigenvalue weighted by Gasteiger charge is 2.31. The first-order chi connectivity index (χ1) is 10.6. The van der Waals surface area contributed by atoms with Gasteiger partial charge >= 0.3 is 0 Å². The van der Waals surface area contributed by atoms with Gasteiger partial charge in [0.05, 0.1) is 11.6 Å². The Morgan fingerprint density at radius 1 is 1.05 bits per heavy atom. The summed E-state index contributed by atoms with van der Waals surface area (Å²) in [5.41, 5.74) is 0.288. The zero-order valence-electron chi connectivity index (χ0n) is 12.2. The molecule has 2 amide bonds. The van der Waals surface area contributed by atoms with Crippen LogP contribution in [0.15, 0.2) is 12.1 Å². The van der Waals surface area contributed by atoms with Gasteiger partial charge in [-0.1, -0.05) is 0 Å². The fourth-order valence-corrected chi connectivity index (χ4v) is 3.19. The standard InChI is InChI=1S/C16H18F2N2O2/c17-12-9-14(20-6-2-1-3-7-20)13(18)8-11(12)10-4-5-15(21)19-16(10)22/h8-10H,1-7H2,(H,19,21,22). The number of piperidine rings is 2. The Bertz CT molecular complexity index is 612. The van der Waals surface area contributed by atoms with Crippen LogP contribution in [0.25, 0.3) is 0 Å². The van der Waals surface area contributed by atoms with E-state index < -0.39 is 23.5 Å². The number of benzene rings is 1. The average Bonchev–Trinajstić information content (AvgIpc) is 2.50. The quantitative estimate of drug-likeness (QED) is 0.854. The molecule has 0 aromatic heterocycles. The van der Waals surface area contributed by atoms with Crippen molar-refractivity contribution in [2.45, 2.75) is 38.0 Å². The number of hydrogen-bond donors (Lipinski definition) is 1. The zero-order chi connectivity index (χ0) is 15.7. The molecular formula is C16H18F2N2O2. The number of halogens is 2. The SMILES string of the molecule is O=C1CCC(c2cc(F)c(N3CCCCC3)cc2F)C(=O)N1. The number of rotatable bonds is 2. The van der Waals surface area contributed by atoms with E-state index in [0.717, 1.165) is 25.3 Å². The van der Waals surface area contributed by atoms with E-state index in [1.165, 1.54) is 6.07 Å². The van der Waals surface area contributed by atoms with Crippen LogP contribution >= 0.6 is 0 Å². The number of imide groups is 1. The summed E-state index contributed by atoms with van der Waals surface area (Å²) in [6.07, 6.45) is 3.40. The molecule has 2 aliphatic rings. The maximum atomic E-state index is 14.4. The number of nitrogens with zero attached hydrogens (tertiary/aromatic N) is 1. The summed E-state index contributed by atoms with van der Waals surface area (Å²) in [4.78, 5) is 24.8. The Morgan fingerprint density at radius 3 is 2.45 bits per heavy atom.